The van der Waals surface area contributed by atoms with Gasteiger partial charge >= 0.3 is 0 Å². The average molecular weight is 183 g/mol. The fourth-order valence-electron chi connectivity index (χ4n) is 2.88. The number of ether oxygens (including phenoxy) is 1. The van der Waals surface area contributed by atoms with Gasteiger partial charge in [-0.05, 0) is 44.1 Å². The fraction of sp³-hybridized carbons (Fsp3) is 1.00. The Hall–Kier alpha value is -0.0800. The summed E-state index contributed by atoms with van der Waals surface area (Å²) in [4.78, 5) is 0. The van der Waals surface area contributed by atoms with Crippen LogP contribution in [0.25, 0.3) is 0 Å². The summed E-state index contributed by atoms with van der Waals surface area (Å²) in [5.41, 5.74) is 0.589. The maximum atomic E-state index is 5.46. The molecule has 0 aromatic heterocycles. The van der Waals surface area contributed by atoms with Gasteiger partial charge in [0.25, 0.3) is 0 Å². The molecule has 1 saturated carbocycles. The van der Waals surface area contributed by atoms with Gasteiger partial charge in [0.15, 0.2) is 0 Å². The highest BCUT2D eigenvalue weighted by molar-refractivity contribution is 4.93. The maximum absolute atomic E-state index is 5.46. The van der Waals surface area contributed by atoms with Gasteiger partial charge in [-0.25, -0.2) is 0 Å². The van der Waals surface area contributed by atoms with Gasteiger partial charge in [0.05, 0.1) is 0 Å². The van der Waals surface area contributed by atoms with Crippen LogP contribution in [-0.2, 0) is 4.74 Å². The highest BCUT2D eigenvalue weighted by Gasteiger charge is 2.42. The first kappa shape index (κ1) is 9.47. The van der Waals surface area contributed by atoms with E-state index in [1.807, 2.05) is 0 Å². The third-order valence-corrected chi connectivity index (χ3v) is 3.99. The van der Waals surface area contributed by atoms with Crippen molar-refractivity contribution in [3.05, 3.63) is 0 Å². The third-order valence-electron chi connectivity index (χ3n) is 3.99. The molecule has 0 unspecified atom stereocenters. The van der Waals surface area contributed by atoms with E-state index < -0.39 is 0 Å². The molecule has 0 spiro atoms. The lowest BCUT2D eigenvalue weighted by Crippen LogP contribution is -2.46. The standard InChI is InChI=1S/C11H21NO/c1-12-9-11(10-3-2-4-10)5-7-13-8-6-11/h10,12H,2-9H2,1H3. The Morgan fingerprint density at radius 1 is 1.31 bits per heavy atom. The van der Waals surface area contributed by atoms with Crippen LogP contribution in [0.4, 0.5) is 0 Å². The van der Waals surface area contributed by atoms with E-state index in [0.29, 0.717) is 5.41 Å². The largest absolute Gasteiger partial charge is 0.381 e. The predicted octanol–water partition coefficient (Wildman–Crippen LogP) is 1.80. The molecule has 2 heteroatoms. The SMILES string of the molecule is CNCC1(C2CCC2)CCOCC1. The maximum Gasteiger partial charge on any atom is 0.0471 e. The molecular weight excluding hydrogens is 162 g/mol. The van der Waals surface area contributed by atoms with Crippen molar-refractivity contribution >= 4 is 0 Å². The summed E-state index contributed by atoms with van der Waals surface area (Å²) in [5, 5.41) is 3.37. The molecule has 13 heavy (non-hydrogen) atoms. The molecular formula is C11H21NO. The minimum absolute atomic E-state index is 0.589. The van der Waals surface area contributed by atoms with Gasteiger partial charge in [-0.15, -0.1) is 0 Å². The van der Waals surface area contributed by atoms with Gasteiger partial charge in [-0.3, -0.25) is 0 Å². The van der Waals surface area contributed by atoms with Crippen LogP contribution in [0.2, 0.25) is 0 Å². The van der Waals surface area contributed by atoms with Crippen LogP contribution in [0.3, 0.4) is 0 Å². The van der Waals surface area contributed by atoms with Crippen LogP contribution < -0.4 is 5.32 Å². The van der Waals surface area contributed by atoms with E-state index in [9.17, 15) is 0 Å². The first-order valence-electron chi connectivity index (χ1n) is 5.60. The molecule has 0 amide bonds. The Bertz CT molecular complexity index is 154. The normalized spacial score (nSPS) is 28.4. The van der Waals surface area contributed by atoms with Crippen LogP contribution >= 0.6 is 0 Å². The van der Waals surface area contributed by atoms with Gasteiger partial charge in [0.1, 0.15) is 0 Å². The summed E-state index contributed by atoms with van der Waals surface area (Å²) < 4.78 is 5.46. The van der Waals surface area contributed by atoms with E-state index in [1.54, 1.807) is 0 Å². The number of rotatable bonds is 3. The van der Waals surface area contributed by atoms with Crippen LogP contribution in [-0.4, -0.2) is 26.8 Å². The lowest BCUT2D eigenvalue weighted by atomic mass is 9.61. The van der Waals surface area contributed by atoms with Crippen molar-refractivity contribution in [2.75, 3.05) is 26.8 Å². The monoisotopic (exact) mass is 183 g/mol. The smallest absolute Gasteiger partial charge is 0.0471 e. The van der Waals surface area contributed by atoms with Gasteiger partial charge in [-0.1, -0.05) is 6.42 Å². The first-order valence-corrected chi connectivity index (χ1v) is 5.60. The molecule has 1 N–H and O–H groups in total. The summed E-state index contributed by atoms with van der Waals surface area (Å²) in [5.74, 6) is 0.990. The molecule has 0 atom stereocenters. The van der Waals surface area contributed by atoms with Crippen molar-refractivity contribution in [2.45, 2.75) is 32.1 Å². The Labute approximate surface area is 81.0 Å². The van der Waals surface area contributed by atoms with E-state index in [0.717, 1.165) is 19.1 Å². The van der Waals surface area contributed by atoms with Crippen LogP contribution in [0.1, 0.15) is 32.1 Å². The van der Waals surface area contributed by atoms with Crippen molar-refractivity contribution in [1.29, 1.82) is 0 Å². The Morgan fingerprint density at radius 3 is 2.46 bits per heavy atom. The molecule has 1 heterocycles. The zero-order valence-electron chi connectivity index (χ0n) is 8.64. The zero-order chi connectivity index (χ0) is 9.15. The number of hydrogen-bond donors (Lipinski definition) is 1. The second-order valence-electron chi connectivity index (χ2n) is 4.63. The van der Waals surface area contributed by atoms with Crippen molar-refractivity contribution in [3.8, 4) is 0 Å². The molecule has 0 aromatic carbocycles. The molecule has 1 aliphatic carbocycles. The molecule has 2 aliphatic rings. The summed E-state index contributed by atoms with van der Waals surface area (Å²) in [7, 11) is 2.08. The molecule has 2 nitrogen and oxygen atoms in total. The van der Waals surface area contributed by atoms with Crippen LogP contribution in [0.5, 0.6) is 0 Å². The fourth-order valence-corrected chi connectivity index (χ4v) is 2.88. The molecule has 76 valence electrons. The molecule has 1 saturated heterocycles. The van der Waals surface area contributed by atoms with Crippen LogP contribution in [0, 0.1) is 11.3 Å². The van der Waals surface area contributed by atoms with E-state index in [1.165, 1.54) is 38.6 Å². The molecule has 0 bridgehead atoms. The second-order valence-corrected chi connectivity index (χ2v) is 4.63. The molecule has 2 rings (SSSR count). The van der Waals surface area contributed by atoms with Gasteiger partial charge in [0, 0.05) is 19.8 Å². The van der Waals surface area contributed by atoms with Gasteiger partial charge < -0.3 is 10.1 Å². The lowest BCUT2D eigenvalue weighted by Gasteiger charge is -2.47. The van der Waals surface area contributed by atoms with E-state index in [2.05, 4.69) is 12.4 Å². The molecule has 0 radical (unpaired) electrons. The van der Waals surface area contributed by atoms with E-state index in [-0.39, 0.29) is 0 Å². The van der Waals surface area contributed by atoms with Gasteiger partial charge in [-0.2, -0.15) is 0 Å². The van der Waals surface area contributed by atoms with Crippen molar-refractivity contribution in [1.82, 2.24) is 5.32 Å². The lowest BCUT2D eigenvalue weighted by molar-refractivity contribution is -0.0394. The van der Waals surface area contributed by atoms with Crippen molar-refractivity contribution in [3.63, 3.8) is 0 Å². The summed E-state index contributed by atoms with van der Waals surface area (Å²) in [6, 6.07) is 0. The molecule has 1 aliphatic heterocycles. The minimum Gasteiger partial charge on any atom is -0.381 e. The third kappa shape index (κ3) is 1.75. The molecule has 0 aromatic rings. The van der Waals surface area contributed by atoms with Crippen molar-refractivity contribution in [2.24, 2.45) is 11.3 Å². The van der Waals surface area contributed by atoms with E-state index in [4.69, 9.17) is 4.74 Å². The molecule has 2 fully saturated rings. The summed E-state index contributed by atoms with van der Waals surface area (Å²) in [6.45, 7) is 3.16. The predicted molar refractivity (Wildman–Crippen MR) is 53.8 cm³/mol. The zero-order valence-corrected chi connectivity index (χ0v) is 8.64. The van der Waals surface area contributed by atoms with Gasteiger partial charge in [0.2, 0.25) is 0 Å². The quantitative estimate of drug-likeness (QED) is 0.720. The van der Waals surface area contributed by atoms with E-state index >= 15 is 0 Å². The highest BCUT2D eigenvalue weighted by Crippen LogP contribution is 2.47. The highest BCUT2D eigenvalue weighted by atomic mass is 16.5. The number of hydrogen-bond acceptors (Lipinski definition) is 2. The van der Waals surface area contributed by atoms with Crippen LogP contribution in [0.15, 0.2) is 0 Å². The number of nitrogens with one attached hydrogen (secondary N) is 1. The average Bonchev–Trinajstić information content (AvgIpc) is 2.02. The topological polar surface area (TPSA) is 21.3 Å². The second kappa shape index (κ2) is 3.97. The summed E-state index contributed by atoms with van der Waals surface area (Å²) >= 11 is 0. The Morgan fingerprint density at radius 2 is 2.00 bits per heavy atom. The Balaban J connectivity index is 1.99. The summed E-state index contributed by atoms with van der Waals surface area (Å²) in [6.07, 6.45) is 6.93. The first-order chi connectivity index (χ1) is 6.37. The van der Waals surface area contributed by atoms with Crippen molar-refractivity contribution < 1.29 is 4.74 Å². The minimum atomic E-state index is 0.589. The Kier molecular flexibility index (Phi) is 2.89.